The van der Waals surface area contributed by atoms with Crippen molar-refractivity contribution >= 4 is 11.6 Å². The number of carbonyl (C=O) groups excluding carboxylic acids is 1. The molecule has 2 aliphatic rings. The molecule has 7 heteroatoms. The van der Waals surface area contributed by atoms with Gasteiger partial charge in [-0.2, -0.15) is 0 Å². The van der Waals surface area contributed by atoms with Crippen molar-refractivity contribution in [1.29, 1.82) is 0 Å². The van der Waals surface area contributed by atoms with E-state index in [1.165, 1.54) is 12.1 Å². The van der Waals surface area contributed by atoms with Gasteiger partial charge in [-0.15, -0.1) is 0 Å². The second-order valence-corrected chi connectivity index (χ2v) is 7.68. The Kier molecular flexibility index (Phi) is 5.52. The van der Waals surface area contributed by atoms with Crippen LogP contribution in [-0.4, -0.2) is 45.4 Å². The first-order valence-corrected chi connectivity index (χ1v) is 9.69. The smallest absolute Gasteiger partial charge is 0.249 e. The first-order chi connectivity index (χ1) is 14.0. The van der Waals surface area contributed by atoms with Crippen LogP contribution in [0.25, 0.3) is 0 Å². The zero-order chi connectivity index (χ0) is 20.4. The lowest BCUT2D eigenvalue weighted by atomic mass is 9.80. The molecular weight excluding hydrogens is 378 g/mol. The maximum Gasteiger partial charge on any atom is 0.249 e. The number of fused-ring (bicyclic) bond motifs is 2. The number of amides is 1. The highest BCUT2D eigenvalue weighted by atomic mass is 19.1. The van der Waals surface area contributed by atoms with Gasteiger partial charge in [0.25, 0.3) is 0 Å². The summed E-state index contributed by atoms with van der Waals surface area (Å²) in [6.07, 6.45) is 0.0352. The molecule has 2 aliphatic heterocycles. The Morgan fingerprint density at radius 1 is 1.31 bits per heavy atom. The molecule has 29 heavy (non-hydrogen) atoms. The summed E-state index contributed by atoms with van der Waals surface area (Å²) in [5.74, 6) is -1.28. The highest BCUT2D eigenvalue weighted by Crippen LogP contribution is 2.47. The van der Waals surface area contributed by atoms with E-state index in [1.807, 2.05) is 24.3 Å². The third-order valence-electron chi connectivity index (χ3n) is 5.72. The maximum atomic E-state index is 14.2. The van der Waals surface area contributed by atoms with E-state index < -0.39 is 17.7 Å². The van der Waals surface area contributed by atoms with Gasteiger partial charge in [0.1, 0.15) is 17.7 Å². The Morgan fingerprint density at radius 3 is 2.93 bits per heavy atom. The Balaban J connectivity index is 1.53. The molecule has 154 valence electrons. The number of hydrogen-bond donors (Lipinski definition) is 1. The number of para-hydroxylation sites is 1. The SMILES string of the molecule is COCCNC(=O)[C@@H]1C[C@@]2(CO1)CN(Cc1ccc(F)cc1F)c1ccccc12. The van der Waals surface area contributed by atoms with Gasteiger partial charge in [-0.25, -0.2) is 8.78 Å². The molecular formula is C22H24F2N2O3. The van der Waals surface area contributed by atoms with Crippen LogP contribution in [0.1, 0.15) is 17.5 Å². The number of nitrogens with zero attached hydrogens (tertiary/aromatic N) is 1. The molecule has 0 unspecified atom stereocenters. The third-order valence-corrected chi connectivity index (χ3v) is 5.72. The second-order valence-electron chi connectivity index (χ2n) is 7.68. The summed E-state index contributed by atoms with van der Waals surface area (Å²) in [5, 5.41) is 2.83. The van der Waals surface area contributed by atoms with Crippen LogP contribution in [0.5, 0.6) is 0 Å². The summed E-state index contributed by atoms with van der Waals surface area (Å²) in [4.78, 5) is 14.5. The molecule has 1 spiro atoms. The van der Waals surface area contributed by atoms with Gasteiger partial charge in [-0.1, -0.05) is 24.3 Å². The molecule has 2 heterocycles. The molecule has 0 aliphatic carbocycles. The summed E-state index contributed by atoms with van der Waals surface area (Å²) < 4.78 is 38.3. The van der Waals surface area contributed by atoms with Crippen molar-refractivity contribution in [3.05, 3.63) is 65.2 Å². The molecule has 0 bridgehead atoms. The van der Waals surface area contributed by atoms with Crippen LogP contribution < -0.4 is 10.2 Å². The Labute approximate surface area is 168 Å². The predicted molar refractivity (Wildman–Crippen MR) is 105 cm³/mol. The van der Waals surface area contributed by atoms with Gasteiger partial charge in [0.2, 0.25) is 5.91 Å². The number of nitrogens with one attached hydrogen (secondary N) is 1. The molecule has 0 radical (unpaired) electrons. The summed E-state index contributed by atoms with van der Waals surface area (Å²) in [6.45, 7) is 2.26. The van der Waals surface area contributed by atoms with Crippen LogP contribution in [-0.2, 0) is 26.2 Å². The van der Waals surface area contributed by atoms with Gasteiger partial charge in [0.15, 0.2) is 0 Å². The molecule has 1 amide bonds. The number of anilines is 1. The van der Waals surface area contributed by atoms with Gasteiger partial charge in [0.05, 0.1) is 13.2 Å². The summed E-state index contributed by atoms with van der Waals surface area (Å²) >= 11 is 0. The molecule has 2 aromatic rings. The van der Waals surface area contributed by atoms with Crippen molar-refractivity contribution in [3.8, 4) is 0 Å². The first kappa shape index (κ1) is 19.8. The minimum Gasteiger partial charge on any atom is -0.383 e. The quantitative estimate of drug-likeness (QED) is 0.755. The normalized spacial score (nSPS) is 22.9. The fourth-order valence-electron chi connectivity index (χ4n) is 4.32. The highest BCUT2D eigenvalue weighted by molar-refractivity contribution is 5.81. The molecule has 1 N–H and O–H groups in total. The van der Waals surface area contributed by atoms with Crippen molar-refractivity contribution in [2.45, 2.75) is 24.5 Å². The van der Waals surface area contributed by atoms with Gasteiger partial charge in [-0.05, 0) is 24.1 Å². The zero-order valence-corrected chi connectivity index (χ0v) is 16.3. The highest BCUT2D eigenvalue weighted by Gasteiger charge is 2.50. The lowest BCUT2D eigenvalue weighted by molar-refractivity contribution is -0.130. The van der Waals surface area contributed by atoms with E-state index in [0.29, 0.717) is 44.8 Å². The molecule has 0 aromatic heterocycles. The Hall–Kier alpha value is -2.51. The van der Waals surface area contributed by atoms with Crippen molar-refractivity contribution in [3.63, 3.8) is 0 Å². The minimum atomic E-state index is -0.587. The molecule has 1 fully saturated rings. The lowest BCUT2D eigenvalue weighted by Gasteiger charge is -2.24. The topological polar surface area (TPSA) is 50.8 Å². The van der Waals surface area contributed by atoms with E-state index in [9.17, 15) is 13.6 Å². The van der Waals surface area contributed by atoms with E-state index >= 15 is 0 Å². The second kappa shape index (κ2) is 8.08. The number of rotatable bonds is 6. The lowest BCUT2D eigenvalue weighted by Crippen LogP contribution is -2.38. The fourth-order valence-corrected chi connectivity index (χ4v) is 4.32. The Morgan fingerprint density at radius 2 is 2.14 bits per heavy atom. The van der Waals surface area contributed by atoms with Crippen LogP contribution in [0.3, 0.4) is 0 Å². The number of halogens is 2. The third kappa shape index (κ3) is 3.84. The molecule has 4 rings (SSSR count). The average molecular weight is 402 g/mol. The van der Waals surface area contributed by atoms with Crippen molar-refractivity contribution < 1.29 is 23.0 Å². The monoisotopic (exact) mass is 402 g/mol. The number of methoxy groups -OCH3 is 1. The van der Waals surface area contributed by atoms with Crippen LogP contribution in [0.15, 0.2) is 42.5 Å². The van der Waals surface area contributed by atoms with E-state index in [2.05, 4.69) is 10.2 Å². The first-order valence-electron chi connectivity index (χ1n) is 9.69. The standard InChI is InChI=1S/C22H24F2N2O3/c1-28-9-8-25-21(27)20-11-22(14-29-20)13-26(19-5-3-2-4-17(19)22)12-15-6-7-16(23)10-18(15)24/h2-7,10,20H,8-9,11-14H2,1H3,(H,25,27)/t20-,22-/m0/s1. The maximum absolute atomic E-state index is 14.2. The Bertz CT molecular complexity index is 907. The van der Waals surface area contributed by atoms with Crippen LogP contribution in [0.4, 0.5) is 14.5 Å². The van der Waals surface area contributed by atoms with Crippen LogP contribution >= 0.6 is 0 Å². The van der Waals surface area contributed by atoms with E-state index in [-0.39, 0.29) is 11.3 Å². The van der Waals surface area contributed by atoms with Crippen LogP contribution in [0.2, 0.25) is 0 Å². The molecule has 5 nitrogen and oxygen atoms in total. The molecule has 1 saturated heterocycles. The minimum absolute atomic E-state index is 0.139. The number of carbonyl (C=O) groups is 1. The van der Waals surface area contributed by atoms with E-state index in [0.717, 1.165) is 17.3 Å². The van der Waals surface area contributed by atoms with Crippen molar-refractivity contribution in [2.24, 2.45) is 0 Å². The largest absolute Gasteiger partial charge is 0.383 e. The zero-order valence-electron chi connectivity index (χ0n) is 16.3. The van der Waals surface area contributed by atoms with E-state index in [4.69, 9.17) is 9.47 Å². The van der Waals surface area contributed by atoms with Gasteiger partial charge < -0.3 is 19.7 Å². The molecule has 2 aromatic carbocycles. The number of hydrogen-bond acceptors (Lipinski definition) is 4. The number of ether oxygens (including phenoxy) is 2. The fraction of sp³-hybridized carbons (Fsp3) is 0.409. The summed E-state index contributed by atoms with van der Waals surface area (Å²) in [6, 6.07) is 11.6. The van der Waals surface area contributed by atoms with E-state index in [1.54, 1.807) is 7.11 Å². The molecule has 2 atom stereocenters. The predicted octanol–water partition coefficient (Wildman–Crippen LogP) is 2.77. The van der Waals surface area contributed by atoms with Gasteiger partial charge in [0, 0.05) is 49.5 Å². The van der Waals surface area contributed by atoms with Crippen LogP contribution in [0, 0.1) is 11.6 Å². The van der Waals surface area contributed by atoms with Crippen molar-refractivity contribution in [2.75, 3.05) is 38.3 Å². The summed E-state index contributed by atoms with van der Waals surface area (Å²) in [5.41, 5.74) is 2.22. The van der Waals surface area contributed by atoms with Gasteiger partial charge in [-0.3, -0.25) is 4.79 Å². The summed E-state index contributed by atoms with van der Waals surface area (Å²) in [7, 11) is 1.58. The average Bonchev–Trinajstić information content (AvgIpc) is 3.27. The number of benzene rings is 2. The molecule has 0 saturated carbocycles. The van der Waals surface area contributed by atoms with Gasteiger partial charge >= 0.3 is 0 Å². The van der Waals surface area contributed by atoms with Crippen molar-refractivity contribution in [1.82, 2.24) is 5.32 Å².